The van der Waals surface area contributed by atoms with Crippen LogP contribution in [0.2, 0.25) is 0 Å². The summed E-state index contributed by atoms with van der Waals surface area (Å²) in [5.74, 6) is 0.141. The molecule has 3 aromatic rings. The van der Waals surface area contributed by atoms with Crippen LogP contribution in [-0.2, 0) is 4.79 Å². The van der Waals surface area contributed by atoms with Gasteiger partial charge in [-0.1, -0.05) is 56.3 Å². The summed E-state index contributed by atoms with van der Waals surface area (Å²) in [6, 6.07) is 23.2. The summed E-state index contributed by atoms with van der Waals surface area (Å²) < 4.78 is 0. The first-order valence-electron chi connectivity index (χ1n) is 13.2. The van der Waals surface area contributed by atoms with Gasteiger partial charge in [-0.05, 0) is 61.6 Å². The maximum atomic E-state index is 13.6. The Morgan fingerprint density at radius 1 is 0.892 bits per heavy atom. The molecule has 1 atom stereocenters. The number of nitrogens with zero attached hydrogens (tertiary/aromatic N) is 1. The lowest BCUT2D eigenvalue weighted by atomic mass is 9.73. The van der Waals surface area contributed by atoms with Crippen molar-refractivity contribution in [3.8, 4) is 0 Å². The van der Waals surface area contributed by atoms with Gasteiger partial charge in [-0.3, -0.25) is 9.59 Å². The molecule has 3 aromatic carbocycles. The van der Waals surface area contributed by atoms with Crippen molar-refractivity contribution in [1.82, 2.24) is 0 Å². The van der Waals surface area contributed by atoms with E-state index in [1.807, 2.05) is 48.5 Å². The van der Waals surface area contributed by atoms with Crippen molar-refractivity contribution in [2.45, 2.75) is 46.6 Å². The summed E-state index contributed by atoms with van der Waals surface area (Å²) in [7, 11) is 0. The summed E-state index contributed by atoms with van der Waals surface area (Å²) in [5.41, 5.74) is 6.81. The quantitative estimate of drug-likeness (QED) is 0.363. The van der Waals surface area contributed by atoms with Gasteiger partial charge in [0.15, 0.2) is 11.6 Å². The van der Waals surface area contributed by atoms with Crippen LogP contribution in [0, 0.1) is 5.41 Å². The Bertz CT molecular complexity index is 1350. The van der Waals surface area contributed by atoms with E-state index < -0.39 is 0 Å². The number of hydrogen-bond acceptors (Lipinski definition) is 5. The minimum absolute atomic E-state index is 0.0236. The van der Waals surface area contributed by atoms with Gasteiger partial charge < -0.3 is 15.5 Å². The maximum absolute atomic E-state index is 13.6. The molecular formula is C32H35N3O2. The van der Waals surface area contributed by atoms with Gasteiger partial charge in [0.05, 0.1) is 17.4 Å². The lowest BCUT2D eigenvalue weighted by Gasteiger charge is -2.34. The van der Waals surface area contributed by atoms with E-state index >= 15 is 0 Å². The number of anilines is 3. The average Bonchev–Trinajstić information content (AvgIpc) is 3.05. The van der Waals surface area contributed by atoms with Gasteiger partial charge in [0, 0.05) is 47.6 Å². The number of Topliss-reactive ketones (excluding diaryl/α,β-unsaturated/α-hetero) is 1. The first kappa shape index (κ1) is 24.8. The number of nitrogens with one attached hydrogen (secondary N) is 2. The molecule has 190 valence electrons. The summed E-state index contributed by atoms with van der Waals surface area (Å²) in [6.45, 7) is 10.5. The summed E-state index contributed by atoms with van der Waals surface area (Å²) in [6.07, 6.45) is 1.30. The largest absolute Gasteiger partial charge is 0.372 e. The molecule has 0 fully saturated rings. The van der Waals surface area contributed by atoms with Crippen LogP contribution in [0.5, 0.6) is 0 Å². The van der Waals surface area contributed by atoms with Gasteiger partial charge >= 0.3 is 0 Å². The van der Waals surface area contributed by atoms with Crippen molar-refractivity contribution >= 4 is 28.6 Å². The first-order chi connectivity index (χ1) is 17.8. The van der Waals surface area contributed by atoms with E-state index in [-0.39, 0.29) is 23.0 Å². The Kier molecular flexibility index (Phi) is 6.63. The summed E-state index contributed by atoms with van der Waals surface area (Å²) >= 11 is 0. The van der Waals surface area contributed by atoms with Gasteiger partial charge in [0.1, 0.15) is 0 Å². The smallest absolute Gasteiger partial charge is 0.193 e. The van der Waals surface area contributed by atoms with Gasteiger partial charge in [0.25, 0.3) is 0 Å². The molecule has 5 rings (SSSR count). The molecule has 0 bridgehead atoms. The number of ketones is 2. The number of allylic oxidation sites excluding steroid dienone is 1. The predicted octanol–water partition coefficient (Wildman–Crippen LogP) is 6.99. The van der Waals surface area contributed by atoms with E-state index in [0.717, 1.165) is 47.7 Å². The lowest BCUT2D eigenvalue weighted by molar-refractivity contribution is -0.118. The van der Waals surface area contributed by atoms with Crippen LogP contribution in [0.15, 0.2) is 84.1 Å². The topological polar surface area (TPSA) is 61.4 Å². The Morgan fingerprint density at radius 2 is 1.59 bits per heavy atom. The molecule has 0 amide bonds. The second kappa shape index (κ2) is 9.89. The van der Waals surface area contributed by atoms with Crippen LogP contribution < -0.4 is 15.5 Å². The number of rotatable bonds is 6. The Hall–Kier alpha value is -3.86. The van der Waals surface area contributed by atoms with Crippen LogP contribution in [0.1, 0.15) is 68.1 Å². The number of carbonyl (C=O) groups excluding carboxylic acids is 2. The number of carbonyl (C=O) groups is 2. The van der Waals surface area contributed by atoms with Gasteiger partial charge in [0.2, 0.25) is 0 Å². The molecule has 1 heterocycles. The Labute approximate surface area is 219 Å². The normalized spacial score (nSPS) is 18.2. The molecule has 0 aromatic heterocycles. The van der Waals surface area contributed by atoms with Crippen molar-refractivity contribution in [2.24, 2.45) is 5.41 Å². The molecule has 1 aliphatic carbocycles. The third-order valence-electron chi connectivity index (χ3n) is 7.47. The molecule has 1 aliphatic heterocycles. The monoisotopic (exact) mass is 493 g/mol. The summed E-state index contributed by atoms with van der Waals surface area (Å²) in [4.78, 5) is 29.1. The molecule has 5 nitrogen and oxygen atoms in total. The van der Waals surface area contributed by atoms with Gasteiger partial charge in [-0.25, -0.2) is 0 Å². The molecule has 0 unspecified atom stereocenters. The van der Waals surface area contributed by atoms with E-state index in [0.29, 0.717) is 17.5 Å². The molecule has 0 radical (unpaired) electrons. The van der Waals surface area contributed by atoms with Crippen molar-refractivity contribution < 1.29 is 9.59 Å². The third kappa shape index (κ3) is 4.91. The fourth-order valence-electron chi connectivity index (χ4n) is 5.56. The molecule has 5 heteroatoms. The van der Waals surface area contributed by atoms with Crippen molar-refractivity contribution in [3.63, 3.8) is 0 Å². The van der Waals surface area contributed by atoms with E-state index in [9.17, 15) is 9.59 Å². The van der Waals surface area contributed by atoms with Crippen LogP contribution in [0.25, 0.3) is 0 Å². The fourth-order valence-corrected chi connectivity index (χ4v) is 5.56. The Balaban J connectivity index is 1.57. The molecule has 37 heavy (non-hydrogen) atoms. The standard InChI is InChI=1S/C32H35N3O2/c1-5-35(6-2)24-15-12-21(13-16-24)30-29-27(19-32(3,4)20-28(29)36)33-25-17-14-23(18-26(25)34-30)31(37)22-10-8-7-9-11-22/h7-18,30,33-34H,5-6,19-20H2,1-4H3/t30-/m1/s1. The number of fused-ring (bicyclic) bond motifs is 1. The zero-order valence-electron chi connectivity index (χ0n) is 22.1. The van der Waals surface area contributed by atoms with Crippen LogP contribution >= 0.6 is 0 Å². The fraction of sp³-hybridized carbons (Fsp3) is 0.312. The zero-order valence-corrected chi connectivity index (χ0v) is 22.1. The zero-order chi connectivity index (χ0) is 26.2. The highest BCUT2D eigenvalue weighted by atomic mass is 16.1. The second-order valence-electron chi connectivity index (χ2n) is 10.8. The predicted molar refractivity (Wildman–Crippen MR) is 151 cm³/mol. The third-order valence-corrected chi connectivity index (χ3v) is 7.47. The van der Waals surface area contributed by atoms with E-state index in [2.05, 4.69) is 67.5 Å². The van der Waals surface area contributed by atoms with Crippen molar-refractivity contribution in [2.75, 3.05) is 28.6 Å². The highest BCUT2D eigenvalue weighted by molar-refractivity contribution is 6.10. The van der Waals surface area contributed by atoms with E-state index in [4.69, 9.17) is 0 Å². The molecule has 2 aliphatic rings. The second-order valence-corrected chi connectivity index (χ2v) is 10.8. The summed E-state index contributed by atoms with van der Waals surface area (Å²) in [5, 5.41) is 7.23. The SMILES string of the molecule is CCN(CC)c1ccc([C@H]2Nc3cc(C(=O)c4ccccc4)ccc3NC3=C2C(=O)CC(C)(C)C3)cc1. The van der Waals surface area contributed by atoms with Crippen molar-refractivity contribution in [1.29, 1.82) is 0 Å². The number of hydrogen-bond donors (Lipinski definition) is 2. The maximum Gasteiger partial charge on any atom is 0.193 e. The Morgan fingerprint density at radius 3 is 2.27 bits per heavy atom. The first-order valence-corrected chi connectivity index (χ1v) is 13.2. The molecular weight excluding hydrogens is 458 g/mol. The number of benzene rings is 3. The molecule has 2 N–H and O–H groups in total. The van der Waals surface area contributed by atoms with Crippen molar-refractivity contribution in [3.05, 3.63) is 101 Å². The van der Waals surface area contributed by atoms with Crippen LogP contribution in [-0.4, -0.2) is 24.7 Å². The van der Waals surface area contributed by atoms with E-state index in [1.165, 1.54) is 5.69 Å². The minimum atomic E-state index is -0.305. The molecule has 0 saturated carbocycles. The highest BCUT2D eigenvalue weighted by Gasteiger charge is 2.38. The van der Waals surface area contributed by atoms with E-state index in [1.54, 1.807) is 0 Å². The highest BCUT2D eigenvalue weighted by Crippen LogP contribution is 2.45. The van der Waals surface area contributed by atoms with Crippen LogP contribution in [0.3, 0.4) is 0 Å². The lowest BCUT2D eigenvalue weighted by Crippen LogP contribution is -2.31. The minimum Gasteiger partial charge on any atom is -0.372 e. The van der Waals surface area contributed by atoms with Gasteiger partial charge in [-0.2, -0.15) is 0 Å². The molecule has 0 saturated heterocycles. The molecule has 0 spiro atoms. The van der Waals surface area contributed by atoms with Crippen LogP contribution in [0.4, 0.5) is 17.1 Å². The average molecular weight is 494 g/mol. The van der Waals surface area contributed by atoms with Gasteiger partial charge in [-0.15, -0.1) is 0 Å².